The van der Waals surface area contributed by atoms with E-state index in [-0.39, 0.29) is 22.0 Å². The molecule has 130 valence electrons. The van der Waals surface area contributed by atoms with E-state index in [9.17, 15) is 15.4 Å². The van der Waals surface area contributed by atoms with Crippen molar-refractivity contribution in [2.24, 2.45) is 0 Å². The van der Waals surface area contributed by atoms with Gasteiger partial charge in [-0.05, 0) is 48.0 Å². The van der Waals surface area contributed by atoms with Crippen molar-refractivity contribution in [1.82, 2.24) is 0 Å². The van der Waals surface area contributed by atoms with E-state index in [1.54, 1.807) is 36.4 Å². The van der Waals surface area contributed by atoms with E-state index in [1.165, 1.54) is 24.3 Å². The van der Waals surface area contributed by atoms with Crippen LogP contribution >= 0.6 is 11.6 Å². The molecule has 1 heterocycles. The van der Waals surface area contributed by atoms with Gasteiger partial charge in [-0.15, -0.1) is 0 Å². The molecule has 0 aliphatic carbocycles. The fraction of sp³-hybridized carbons (Fsp3) is 0. The van der Waals surface area contributed by atoms with Gasteiger partial charge in [-0.25, -0.2) is 0 Å². The maximum absolute atomic E-state index is 11.2. The van der Waals surface area contributed by atoms with Gasteiger partial charge < -0.3 is 4.42 Å². The van der Waals surface area contributed by atoms with Gasteiger partial charge in [0.15, 0.2) is 0 Å². The number of halogens is 1. The lowest BCUT2D eigenvalue weighted by atomic mass is 10.0. The van der Waals surface area contributed by atoms with Crippen molar-refractivity contribution < 1.29 is 9.34 Å². The summed E-state index contributed by atoms with van der Waals surface area (Å²) in [7, 11) is 0. The van der Waals surface area contributed by atoms with E-state index >= 15 is 0 Å². The third-order valence-electron chi connectivity index (χ3n) is 3.76. The summed E-state index contributed by atoms with van der Waals surface area (Å²) in [6.07, 6.45) is 1.52. The third-order valence-corrected chi connectivity index (χ3v) is 3.99. The van der Waals surface area contributed by atoms with Crippen molar-refractivity contribution in [2.75, 3.05) is 0 Å². The van der Waals surface area contributed by atoms with Crippen molar-refractivity contribution in [3.63, 3.8) is 0 Å². The van der Waals surface area contributed by atoms with Crippen LogP contribution in [0.3, 0.4) is 0 Å². The Morgan fingerprint density at radius 2 is 1.96 bits per heavy atom. The largest absolute Gasteiger partial charge is 0.456 e. The molecule has 0 radical (unpaired) electrons. The first kappa shape index (κ1) is 17.9. The fourth-order valence-corrected chi connectivity index (χ4v) is 2.68. The summed E-state index contributed by atoms with van der Waals surface area (Å²) < 4.78 is 5.67. The number of nitro groups is 1. The monoisotopic (exact) mass is 375 g/mol. The van der Waals surface area contributed by atoms with Crippen LogP contribution < -0.4 is 0 Å². The van der Waals surface area contributed by atoms with Crippen LogP contribution in [0.4, 0.5) is 5.69 Å². The first-order valence-electron chi connectivity index (χ1n) is 7.68. The van der Waals surface area contributed by atoms with E-state index < -0.39 is 4.92 Å². The molecule has 0 atom stereocenters. The number of rotatable bonds is 4. The molecule has 7 heteroatoms. The Morgan fingerprint density at radius 3 is 2.67 bits per heavy atom. The van der Waals surface area contributed by atoms with Gasteiger partial charge in [0, 0.05) is 11.1 Å². The Bertz CT molecular complexity index is 1150. The highest BCUT2D eigenvalue weighted by molar-refractivity contribution is 6.30. The fourth-order valence-electron chi connectivity index (χ4n) is 2.52. The van der Waals surface area contributed by atoms with Crippen LogP contribution in [0.1, 0.15) is 16.9 Å². The third kappa shape index (κ3) is 3.87. The van der Waals surface area contributed by atoms with Crippen LogP contribution in [0, 0.1) is 32.8 Å². The number of hydrogen-bond donors (Lipinski definition) is 0. The number of nitriles is 2. The summed E-state index contributed by atoms with van der Waals surface area (Å²) in [5, 5.41) is 29.9. The number of hydrogen-bond acceptors (Lipinski definition) is 5. The number of furan rings is 1. The van der Waals surface area contributed by atoms with Crippen molar-refractivity contribution >= 4 is 28.9 Å². The van der Waals surface area contributed by atoms with Crippen LogP contribution in [-0.4, -0.2) is 4.92 Å². The first-order valence-corrected chi connectivity index (χ1v) is 8.06. The maximum Gasteiger partial charge on any atom is 0.281 e. The van der Waals surface area contributed by atoms with Crippen molar-refractivity contribution in [3.8, 4) is 23.5 Å². The van der Waals surface area contributed by atoms with Gasteiger partial charge >= 0.3 is 0 Å². The average molecular weight is 376 g/mol. The Morgan fingerprint density at radius 1 is 1.15 bits per heavy atom. The first-order chi connectivity index (χ1) is 13.0. The SMILES string of the molecule is N#C/C(=C/c1ccc(-c2ccc(Cl)cc2[N+](=O)[O-])o1)c1cccc(C#N)c1. The van der Waals surface area contributed by atoms with Gasteiger partial charge in [0.1, 0.15) is 11.5 Å². The Kier molecular flexibility index (Phi) is 5.03. The van der Waals surface area contributed by atoms with Crippen molar-refractivity contribution in [1.29, 1.82) is 10.5 Å². The van der Waals surface area contributed by atoms with Crippen LogP contribution in [0.25, 0.3) is 23.0 Å². The second-order valence-corrected chi connectivity index (χ2v) is 5.92. The molecule has 2 aromatic carbocycles. The predicted molar refractivity (Wildman–Crippen MR) is 100 cm³/mol. The number of nitro benzene ring substituents is 1. The van der Waals surface area contributed by atoms with E-state index in [4.69, 9.17) is 21.3 Å². The molecule has 0 aliphatic heterocycles. The number of allylic oxidation sites excluding steroid dienone is 1. The lowest BCUT2D eigenvalue weighted by Crippen LogP contribution is -1.91. The zero-order valence-electron chi connectivity index (χ0n) is 13.7. The van der Waals surface area contributed by atoms with Crippen LogP contribution in [0.15, 0.2) is 59.0 Å². The molecular formula is C20H10ClN3O3. The van der Waals surface area contributed by atoms with E-state index in [2.05, 4.69) is 6.07 Å². The van der Waals surface area contributed by atoms with Gasteiger partial charge in [0.2, 0.25) is 0 Å². The number of nitrogens with zero attached hydrogens (tertiary/aromatic N) is 3. The summed E-state index contributed by atoms with van der Waals surface area (Å²) in [6, 6.07) is 18.2. The molecular weight excluding hydrogens is 366 g/mol. The van der Waals surface area contributed by atoms with Crippen molar-refractivity contribution in [2.45, 2.75) is 0 Å². The normalized spacial score (nSPS) is 10.9. The molecule has 0 spiro atoms. The molecule has 0 N–H and O–H groups in total. The average Bonchev–Trinajstić information content (AvgIpc) is 3.14. The topological polar surface area (TPSA) is 104 Å². The summed E-state index contributed by atoms with van der Waals surface area (Å²) >= 11 is 5.83. The minimum absolute atomic E-state index is 0.172. The molecule has 0 amide bonds. The van der Waals surface area contributed by atoms with Gasteiger partial charge in [-0.1, -0.05) is 23.7 Å². The number of benzene rings is 2. The van der Waals surface area contributed by atoms with E-state index in [1.807, 2.05) is 6.07 Å². The highest BCUT2D eigenvalue weighted by atomic mass is 35.5. The molecule has 0 aliphatic rings. The quantitative estimate of drug-likeness (QED) is 0.343. The zero-order valence-corrected chi connectivity index (χ0v) is 14.5. The smallest absolute Gasteiger partial charge is 0.281 e. The molecule has 0 saturated carbocycles. The molecule has 3 aromatic rings. The van der Waals surface area contributed by atoms with Gasteiger partial charge in [0.25, 0.3) is 5.69 Å². The highest BCUT2D eigenvalue weighted by Crippen LogP contribution is 2.34. The molecule has 1 aromatic heterocycles. The van der Waals surface area contributed by atoms with Gasteiger partial charge in [0.05, 0.1) is 33.8 Å². The summed E-state index contributed by atoms with van der Waals surface area (Å²) in [4.78, 5) is 10.7. The molecule has 0 saturated heterocycles. The molecule has 0 unspecified atom stereocenters. The van der Waals surface area contributed by atoms with Crippen LogP contribution in [0.5, 0.6) is 0 Å². The zero-order chi connectivity index (χ0) is 19.4. The second-order valence-electron chi connectivity index (χ2n) is 5.48. The van der Waals surface area contributed by atoms with Crippen LogP contribution in [0.2, 0.25) is 5.02 Å². The highest BCUT2D eigenvalue weighted by Gasteiger charge is 2.18. The van der Waals surface area contributed by atoms with E-state index in [0.717, 1.165) is 0 Å². The molecule has 27 heavy (non-hydrogen) atoms. The lowest BCUT2D eigenvalue weighted by Gasteiger charge is -2.01. The summed E-state index contributed by atoms with van der Waals surface area (Å²) in [5.74, 6) is 0.640. The van der Waals surface area contributed by atoms with E-state index in [0.29, 0.717) is 22.5 Å². The Hall–Kier alpha value is -3.87. The molecule has 3 rings (SSSR count). The summed E-state index contributed by atoms with van der Waals surface area (Å²) in [6.45, 7) is 0. The van der Waals surface area contributed by atoms with Gasteiger partial charge in [-0.2, -0.15) is 10.5 Å². The Labute approximate surface area is 159 Å². The minimum Gasteiger partial charge on any atom is -0.456 e. The molecule has 0 bridgehead atoms. The Balaban J connectivity index is 2.01. The minimum atomic E-state index is -0.534. The molecule has 6 nitrogen and oxygen atoms in total. The second kappa shape index (κ2) is 7.57. The summed E-state index contributed by atoms with van der Waals surface area (Å²) in [5.41, 5.74) is 1.43. The predicted octanol–water partition coefficient (Wildman–Crippen LogP) is 5.44. The van der Waals surface area contributed by atoms with Crippen LogP contribution in [-0.2, 0) is 0 Å². The standard InChI is InChI=1S/C20H10ClN3O3/c21-16-4-6-18(19(10-16)24(25)26)20-7-5-17(27-20)9-15(12-23)14-3-1-2-13(8-14)11-22/h1-10H/b15-9-. The lowest BCUT2D eigenvalue weighted by molar-refractivity contribution is -0.384. The van der Waals surface area contributed by atoms with Gasteiger partial charge in [-0.3, -0.25) is 10.1 Å². The molecule has 0 fully saturated rings. The van der Waals surface area contributed by atoms with Crippen molar-refractivity contribution in [3.05, 3.63) is 86.6 Å². The maximum atomic E-state index is 11.2.